The molecular formula is C27H25F3N4O4S. The first-order valence-electron chi connectivity index (χ1n) is 12.7. The van der Waals surface area contributed by atoms with Crippen molar-refractivity contribution >= 4 is 44.1 Å². The summed E-state index contributed by atoms with van der Waals surface area (Å²) in [6.45, 7) is 2.10. The van der Waals surface area contributed by atoms with Crippen molar-refractivity contribution in [3.8, 4) is 0 Å². The summed E-state index contributed by atoms with van der Waals surface area (Å²) in [6, 6.07) is 10.9. The van der Waals surface area contributed by atoms with Crippen molar-refractivity contribution in [3.63, 3.8) is 0 Å². The molecule has 0 atom stereocenters. The van der Waals surface area contributed by atoms with Gasteiger partial charge in [0.1, 0.15) is 5.54 Å². The molecule has 1 aromatic heterocycles. The van der Waals surface area contributed by atoms with Gasteiger partial charge in [-0.25, -0.2) is 18.1 Å². The lowest BCUT2D eigenvalue weighted by atomic mass is 10.0. The fourth-order valence-electron chi connectivity index (χ4n) is 5.52. The van der Waals surface area contributed by atoms with E-state index >= 15 is 0 Å². The first-order chi connectivity index (χ1) is 18.5. The van der Waals surface area contributed by atoms with Crippen LogP contribution in [0.25, 0.3) is 10.9 Å². The van der Waals surface area contributed by atoms with Crippen LogP contribution in [0, 0.1) is 0 Å². The van der Waals surface area contributed by atoms with Gasteiger partial charge in [-0.2, -0.15) is 13.2 Å². The second-order valence-corrected chi connectivity index (χ2v) is 12.1. The zero-order valence-corrected chi connectivity index (χ0v) is 21.6. The lowest BCUT2D eigenvalue weighted by molar-refractivity contribution is -0.120. The van der Waals surface area contributed by atoms with E-state index < -0.39 is 37.7 Å². The smallest absolute Gasteiger partial charge is 0.372 e. The molecule has 3 aromatic rings. The number of carbonyl (C=O) groups excluding carboxylic acids is 2. The first-order valence-corrected chi connectivity index (χ1v) is 14.2. The highest BCUT2D eigenvalue weighted by atomic mass is 32.2. The molecule has 2 saturated heterocycles. The molecule has 3 heterocycles. The summed E-state index contributed by atoms with van der Waals surface area (Å²) >= 11 is 0. The van der Waals surface area contributed by atoms with Gasteiger partial charge in [0.15, 0.2) is 0 Å². The molecule has 39 heavy (non-hydrogen) atoms. The monoisotopic (exact) mass is 558 g/mol. The predicted octanol–water partition coefficient (Wildman–Crippen LogP) is 5.02. The highest BCUT2D eigenvalue weighted by molar-refractivity contribution is 7.92. The zero-order valence-electron chi connectivity index (χ0n) is 20.8. The average molecular weight is 559 g/mol. The standard InChI is InChI=1S/C27H25F3N4O4S/c28-27(29,30)39(37,38)21-7-4-19(5-8-21)34-24(35)26(11-12-26)33(25(34)36)17-18-10-13-31-23-9-6-20(16-22(18)23)32-14-2-1-3-15-32/h4-10,13,16H,1-3,11-12,14-15,17H2. The van der Waals surface area contributed by atoms with E-state index in [2.05, 4.69) is 16.0 Å². The molecule has 3 aliphatic rings. The Bertz CT molecular complexity index is 1580. The van der Waals surface area contributed by atoms with Crippen molar-refractivity contribution in [3.05, 3.63) is 60.3 Å². The molecule has 1 saturated carbocycles. The Labute approximate surface area is 222 Å². The molecule has 2 aromatic carbocycles. The van der Waals surface area contributed by atoms with Crippen molar-refractivity contribution in [1.82, 2.24) is 9.88 Å². The topological polar surface area (TPSA) is 90.9 Å². The van der Waals surface area contributed by atoms with Crippen molar-refractivity contribution in [2.75, 3.05) is 22.9 Å². The van der Waals surface area contributed by atoms with Gasteiger partial charge < -0.3 is 9.80 Å². The minimum atomic E-state index is -5.55. The largest absolute Gasteiger partial charge is 0.501 e. The van der Waals surface area contributed by atoms with Gasteiger partial charge in [-0.15, -0.1) is 0 Å². The maximum absolute atomic E-state index is 13.6. The van der Waals surface area contributed by atoms with Gasteiger partial charge in [-0.3, -0.25) is 9.78 Å². The molecule has 0 N–H and O–H groups in total. The second-order valence-electron chi connectivity index (χ2n) is 10.2. The van der Waals surface area contributed by atoms with Gasteiger partial charge in [-0.05, 0) is 86.2 Å². The van der Waals surface area contributed by atoms with Crippen LogP contribution >= 0.6 is 0 Å². The number of urea groups is 1. The minimum Gasteiger partial charge on any atom is -0.372 e. The summed E-state index contributed by atoms with van der Waals surface area (Å²) in [5.74, 6) is -0.466. The number of fused-ring (bicyclic) bond motifs is 1. The summed E-state index contributed by atoms with van der Waals surface area (Å²) in [5, 5.41) is 0.886. The summed E-state index contributed by atoms with van der Waals surface area (Å²) < 4.78 is 62.3. The normalized spacial score (nSPS) is 19.4. The van der Waals surface area contributed by atoms with E-state index in [9.17, 15) is 31.2 Å². The first kappa shape index (κ1) is 25.6. The van der Waals surface area contributed by atoms with E-state index in [4.69, 9.17) is 0 Å². The lowest BCUT2D eigenvalue weighted by Crippen LogP contribution is -2.36. The van der Waals surface area contributed by atoms with Crippen LogP contribution in [0.1, 0.15) is 37.7 Å². The number of hydrogen-bond donors (Lipinski definition) is 0. The molecule has 3 amide bonds. The lowest BCUT2D eigenvalue weighted by Gasteiger charge is -2.29. The number of carbonyl (C=O) groups is 2. The third kappa shape index (κ3) is 4.12. The van der Waals surface area contributed by atoms with Gasteiger partial charge in [0.05, 0.1) is 16.1 Å². The highest BCUT2D eigenvalue weighted by Gasteiger charge is 2.65. The number of pyridine rings is 1. The Hall–Kier alpha value is -3.67. The van der Waals surface area contributed by atoms with Crippen LogP contribution in [0.5, 0.6) is 0 Å². The van der Waals surface area contributed by atoms with E-state index in [0.29, 0.717) is 12.8 Å². The van der Waals surface area contributed by atoms with Crippen LogP contribution in [0.2, 0.25) is 0 Å². The molecule has 12 heteroatoms. The number of anilines is 2. The van der Waals surface area contributed by atoms with Gasteiger partial charge in [0.2, 0.25) is 0 Å². The molecular weight excluding hydrogens is 533 g/mol. The minimum absolute atomic E-state index is 0.0203. The molecule has 1 spiro atoms. The molecule has 6 rings (SSSR count). The van der Waals surface area contributed by atoms with Crippen LogP contribution in [-0.4, -0.2) is 54.4 Å². The number of aromatic nitrogens is 1. The van der Waals surface area contributed by atoms with Crippen LogP contribution in [0.4, 0.5) is 29.3 Å². The van der Waals surface area contributed by atoms with Gasteiger partial charge in [0.25, 0.3) is 15.7 Å². The average Bonchev–Trinajstić information content (AvgIpc) is 3.70. The Morgan fingerprint density at radius 2 is 1.56 bits per heavy atom. The van der Waals surface area contributed by atoms with Gasteiger partial charge in [0, 0.05) is 36.9 Å². The van der Waals surface area contributed by atoms with E-state index in [1.165, 1.54) is 11.3 Å². The Balaban J connectivity index is 1.31. The molecule has 0 unspecified atom stereocenters. The summed E-state index contributed by atoms with van der Waals surface area (Å²) in [4.78, 5) is 35.3. The van der Waals surface area contributed by atoms with E-state index in [1.807, 2.05) is 18.2 Å². The van der Waals surface area contributed by atoms with Crippen LogP contribution in [0.15, 0.2) is 59.6 Å². The fraction of sp³-hybridized carbons (Fsp3) is 0.370. The molecule has 1 aliphatic carbocycles. The van der Waals surface area contributed by atoms with Crippen LogP contribution in [0.3, 0.4) is 0 Å². The summed E-state index contributed by atoms with van der Waals surface area (Å²) in [6.07, 6.45) is 6.07. The van der Waals surface area contributed by atoms with Crippen molar-refractivity contribution < 1.29 is 31.2 Å². The molecule has 0 radical (unpaired) electrons. The molecule has 8 nitrogen and oxygen atoms in total. The molecule has 2 aliphatic heterocycles. The number of piperidine rings is 1. The summed E-state index contributed by atoms with van der Waals surface area (Å²) in [7, 11) is -5.55. The van der Waals surface area contributed by atoms with Crippen molar-refractivity contribution in [1.29, 1.82) is 0 Å². The number of imide groups is 1. The number of amides is 3. The third-order valence-corrected chi connectivity index (χ3v) is 9.34. The predicted molar refractivity (Wildman–Crippen MR) is 138 cm³/mol. The molecule has 0 bridgehead atoms. The van der Waals surface area contributed by atoms with E-state index in [-0.39, 0.29) is 12.2 Å². The SMILES string of the molecule is O=C1N(c2ccc(S(=O)(=O)C(F)(F)F)cc2)C(=O)C2(CC2)N1Cc1ccnc2ccc(N3CCCCC3)cc12. The summed E-state index contributed by atoms with van der Waals surface area (Å²) in [5.41, 5.74) is -3.77. The highest BCUT2D eigenvalue weighted by Crippen LogP contribution is 2.50. The van der Waals surface area contributed by atoms with E-state index in [0.717, 1.165) is 77.3 Å². The third-order valence-electron chi connectivity index (χ3n) is 7.84. The van der Waals surface area contributed by atoms with Crippen molar-refractivity contribution in [2.24, 2.45) is 0 Å². The second kappa shape index (κ2) is 8.94. The Kier molecular flexibility index (Phi) is 5.87. The van der Waals surface area contributed by atoms with Gasteiger partial charge >= 0.3 is 11.5 Å². The number of nitrogens with zero attached hydrogens (tertiary/aromatic N) is 4. The number of halogens is 3. The number of rotatable bonds is 5. The van der Waals surface area contributed by atoms with Crippen molar-refractivity contribution in [2.45, 2.75) is 54.6 Å². The molecule has 204 valence electrons. The maximum Gasteiger partial charge on any atom is 0.501 e. The number of benzene rings is 2. The maximum atomic E-state index is 13.6. The Morgan fingerprint density at radius 1 is 0.897 bits per heavy atom. The number of sulfone groups is 1. The molecule has 3 fully saturated rings. The van der Waals surface area contributed by atoms with Crippen LogP contribution < -0.4 is 9.80 Å². The number of hydrogen-bond acceptors (Lipinski definition) is 6. The van der Waals surface area contributed by atoms with E-state index in [1.54, 1.807) is 6.20 Å². The Morgan fingerprint density at radius 3 is 2.21 bits per heavy atom. The van der Waals surface area contributed by atoms with Gasteiger partial charge in [-0.1, -0.05) is 0 Å². The zero-order chi connectivity index (χ0) is 27.6. The number of alkyl halides is 3. The quantitative estimate of drug-likeness (QED) is 0.409. The van der Waals surface area contributed by atoms with Crippen LogP contribution in [-0.2, 0) is 21.2 Å². The fourth-order valence-corrected chi connectivity index (χ4v) is 6.28.